The van der Waals surface area contributed by atoms with E-state index in [1.165, 1.54) is 5.56 Å². The molecule has 0 heterocycles. The highest BCUT2D eigenvalue weighted by atomic mass is 16.5. The number of amides is 1. The molecule has 0 radical (unpaired) electrons. The molecule has 1 amide bonds. The van der Waals surface area contributed by atoms with Gasteiger partial charge in [-0.25, -0.2) is 0 Å². The van der Waals surface area contributed by atoms with Crippen molar-refractivity contribution >= 4 is 5.91 Å². The van der Waals surface area contributed by atoms with Crippen molar-refractivity contribution in [2.24, 2.45) is 0 Å². The summed E-state index contributed by atoms with van der Waals surface area (Å²) in [7, 11) is 0. The number of hydrogen-bond donors (Lipinski definition) is 1. The van der Waals surface area contributed by atoms with Gasteiger partial charge in [-0.05, 0) is 61.7 Å². The van der Waals surface area contributed by atoms with Crippen LogP contribution in [0.1, 0.15) is 34.8 Å². The third kappa shape index (κ3) is 5.01. The Bertz CT molecular complexity index is 665. The average molecular weight is 327 g/mol. The largest absolute Gasteiger partial charge is 0.494 e. The Morgan fingerprint density at radius 1 is 1.00 bits per heavy atom. The summed E-state index contributed by atoms with van der Waals surface area (Å²) in [5, 5.41) is 2.86. The number of hydrogen-bond acceptors (Lipinski definition) is 3. The SMILES string of the molecule is CCCOc1ccc(C(=O)NCCOc2cccc(C)c2C)cc1. The van der Waals surface area contributed by atoms with Crippen LogP contribution < -0.4 is 14.8 Å². The van der Waals surface area contributed by atoms with Gasteiger partial charge in [0.05, 0.1) is 13.2 Å². The molecule has 2 aromatic rings. The van der Waals surface area contributed by atoms with Gasteiger partial charge >= 0.3 is 0 Å². The molecule has 0 atom stereocenters. The maximum absolute atomic E-state index is 12.1. The smallest absolute Gasteiger partial charge is 0.251 e. The zero-order valence-electron chi connectivity index (χ0n) is 14.6. The van der Waals surface area contributed by atoms with Gasteiger partial charge in [-0.1, -0.05) is 19.1 Å². The highest BCUT2D eigenvalue weighted by molar-refractivity contribution is 5.94. The van der Waals surface area contributed by atoms with E-state index in [4.69, 9.17) is 9.47 Å². The number of aryl methyl sites for hydroxylation is 1. The van der Waals surface area contributed by atoms with Crippen LogP contribution in [0.25, 0.3) is 0 Å². The van der Waals surface area contributed by atoms with E-state index in [2.05, 4.69) is 25.2 Å². The Labute approximate surface area is 143 Å². The van der Waals surface area contributed by atoms with E-state index in [1.807, 2.05) is 31.2 Å². The third-order valence-corrected chi connectivity index (χ3v) is 3.79. The average Bonchev–Trinajstić information content (AvgIpc) is 2.60. The Kier molecular flexibility index (Phi) is 6.67. The zero-order valence-corrected chi connectivity index (χ0v) is 14.6. The molecule has 2 aromatic carbocycles. The maximum Gasteiger partial charge on any atom is 0.251 e. The van der Waals surface area contributed by atoms with E-state index in [0.29, 0.717) is 25.3 Å². The minimum Gasteiger partial charge on any atom is -0.494 e. The van der Waals surface area contributed by atoms with Crippen LogP contribution in [0.5, 0.6) is 11.5 Å². The van der Waals surface area contributed by atoms with Gasteiger partial charge in [0.25, 0.3) is 5.91 Å². The summed E-state index contributed by atoms with van der Waals surface area (Å²) in [6, 6.07) is 13.1. The standard InChI is InChI=1S/C20H25NO3/c1-4-13-23-18-10-8-17(9-11-18)20(22)21-12-14-24-19-7-5-6-15(2)16(19)3/h5-11H,4,12-14H2,1-3H3,(H,21,22). The topological polar surface area (TPSA) is 47.6 Å². The lowest BCUT2D eigenvalue weighted by Gasteiger charge is -2.11. The lowest BCUT2D eigenvalue weighted by Crippen LogP contribution is -2.28. The molecule has 0 saturated carbocycles. The molecule has 0 aromatic heterocycles. The van der Waals surface area contributed by atoms with Crippen molar-refractivity contribution < 1.29 is 14.3 Å². The molecule has 128 valence electrons. The molecule has 0 saturated heterocycles. The van der Waals surface area contributed by atoms with E-state index in [9.17, 15) is 4.79 Å². The Morgan fingerprint density at radius 2 is 1.75 bits per heavy atom. The fraction of sp³-hybridized carbons (Fsp3) is 0.350. The molecule has 1 N–H and O–H groups in total. The van der Waals surface area contributed by atoms with Gasteiger partial charge in [-0.15, -0.1) is 0 Å². The second-order valence-electron chi connectivity index (χ2n) is 5.68. The quantitative estimate of drug-likeness (QED) is 0.748. The van der Waals surface area contributed by atoms with Crippen molar-refractivity contribution in [3.8, 4) is 11.5 Å². The molecule has 0 unspecified atom stereocenters. The molecule has 0 aliphatic heterocycles. The van der Waals surface area contributed by atoms with E-state index in [-0.39, 0.29) is 5.91 Å². The van der Waals surface area contributed by atoms with Crippen LogP contribution in [0.2, 0.25) is 0 Å². The number of ether oxygens (including phenoxy) is 2. The summed E-state index contributed by atoms with van der Waals surface area (Å²) in [4.78, 5) is 12.1. The molecule has 24 heavy (non-hydrogen) atoms. The van der Waals surface area contributed by atoms with Crippen molar-refractivity contribution in [2.45, 2.75) is 27.2 Å². The monoisotopic (exact) mass is 327 g/mol. The summed E-state index contributed by atoms with van der Waals surface area (Å²) < 4.78 is 11.2. The van der Waals surface area contributed by atoms with E-state index >= 15 is 0 Å². The van der Waals surface area contributed by atoms with Gasteiger partial charge in [0.15, 0.2) is 0 Å². The fourth-order valence-corrected chi connectivity index (χ4v) is 2.23. The fourth-order valence-electron chi connectivity index (χ4n) is 2.23. The predicted molar refractivity (Wildman–Crippen MR) is 96.0 cm³/mol. The number of benzene rings is 2. The van der Waals surface area contributed by atoms with Crippen LogP contribution in [-0.4, -0.2) is 25.7 Å². The van der Waals surface area contributed by atoms with Crippen LogP contribution >= 0.6 is 0 Å². The van der Waals surface area contributed by atoms with Crippen LogP contribution in [0.4, 0.5) is 0 Å². The van der Waals surface area contributed by atoms with Crippen LogP contribution in [0, 0.1) is 13.8 Å². The van der Waals surface area contributed by atoms with Crippen LogP contribution in [-0.2, 0) is 0 Å². The number of carbonyl (C=O) groups is 1. The second-order valence-corrected chi connectivity index (χ2v) is 5.68. The second kappa shape index (κ2) is 8.96. The molecular formula is C20H25NO3. The van der Waals surface area contributed by atoms with Crippen LogP contribution in [0.3, 0.4) is 0 Å². The number of nitrogens with one attached hydrogen (secondary N) is 1. The molecular weight excluding hydrogens is 302 g/mol. The van der Waals surface area contributed by atoms with Crippen molar-refractivity contribution in [3.63, 3.8) is 0 Å². The lowest BCUT2D eigenvalue weighted by atomic mass is 10.1. The van der Waals surface area contributed by atoms with E-state index in [0.717, 1.165) is 23.5 Å². The molecule has 4 nitrogen and oxygen atoms in total. The van der Waals surface area contributed by atoms with Gasteiger partial charge in [-0.2, -0.15) is 0 Å². The van der Waals surface area contributed by atoms with Crippen molar-refractivity contribution in [1.82, 2.24) is 5.32 Å². The molecule has 0 spiro atoms. The van der Waals surface area contributed by atoms with Crippen LogP contribution in [0.15, 0.2) is 42.5 Å². The molecule has 2 rings (SSSR count). The summed E-state index contributed by atoms with van der Waals surface area (Å²) >= 11 is 0. The van der Waals surface area contributed by atoms with E-state index in [1.54, 1.807) is 12.1 Å². The lowest BCUT2D eigenvalue weighted by molar-refractivity contribution is 0.0947. The first kappa shape index (κ1) is 17.9. The molecule has 4 heteroatoms. The Hall–Kier alpha value is -2.49. The molecule has 0 aliphatic carbocycles. The first-order chi connectivity index (χ1) is 11.6. The Morgan fingerprint density at radius 3 is 2.46 bits per heavy atom. The van der Waals surface area contributed by atoms with Crippen molar-refractivity contribution in [1.29, 1.82) is 0 Å². The first-order valence-corrected chi connectivity index (χ1v) is 8.32. The summed E-state index contributed by atoms with van der Waals surface area (Å²) in [6.45, 7) is 7.72. The normalized spacial score (nSPS) is 10.3. The zero-order chi connectivity index (χ0) is 17.4. The minimum atomic E-state index is -0.110. The summed E-state index contributed by atoms with van der Waals surface area (Å²) in [5.74, 6) is 1.54. The van der Waals surface area contributed by atoms with Crippen molar-refractivity contribution in [3.05, 3.63) is 59.2 Å². The van der Waals surface area contributed by atoms with Gasteiger partial charge < -0.3 is 14.8 Å². The number of carbonyl (C=O) groups excluding carboxylic acids is 1. The minimum absolute atomic E-state index is 0.110. The Balaban J connectivity index is 1.77. The van der Waals surface area contributed by atoms with E-state index < -0.39 is 0 Å². The molecule has 0 aliphatic rings. The summed E-state index contributed by atoms with van der Waals surface area (Å²) in [5.41, 5.74) is 2.94. The number of rotatable bonds is 8. The van der Waals surface area contributed by atoms with Gasteiger partial charge in [0.2, 0.25) is 0 Å². The van der Waals surface area contributed by atoms with Gasteiger partial charge in [-0.3, -0.25) is 4.79 Å². The molecule has 0 fully saturated rings. The summed E-state index contributed by atoms with van der Waals surface area (Å²) in [6.07, 6.45) is 0.961. The van der Waals surface area contributed by atoms with Crippen molar-refractivity contribution in [2.75, 3.05) is 19.8 Å². The van der Waals surface area contributed by atoms with Gasteiger partial charge in [0, 0.05) is 5.56 Å². The molecule has 0 bridgehead atoms. The maximum atomic E-state index is 12.1. The highest BCUT2D eigenvalue weighted by Crippen LogP contribution is 2.20. The highest BCUT2D eigenvalue weighted by Gasteiger charge is 2.06. The first-order valence-electron chi connectivity index (χ1n) is 8.32. The predicted octanol–water partition coefficient (Wildman–Crippen LogP) is 3.90. The third-order valence-electron chi connectivity index (χ3n) is 3.79. The van der Waals surface area contributed by atoms with Gasteiger partial charge in [0.1, 0.15) is 18.1 Å².